The highest BCUT2D eigenvalue weighted by atomic mass is 16.2. The minimum Gasteiger partial charge on any atom is -0.350 e. The van der Waals surface area contributed by atoms with Crippen LogP contribution in [0.2, 0.25) is 0 Å². The summed E-state index contributed by atoms with van der Waals surface area (Å²) in [5.74, 6) is -0.0273. The molecule has 2 atom stereocenters. The minimum atomic E-state index is -0.370. The van der Waals surface area contributed by atoms with Crippen molar-refractivity contribution in [3.63, 3.8) is 0 Å². The highest BCUT2D eigenvalue weighted by molar-refractivity contribution is 5.90. The molecular weight excluding hydrogens is 326 g/mol. The average Bonchev–Trinajstić information content (AvgIpc) is 3.06. The van der Waals surface area contributed by atoms with E-state index in [1.807, 2.05) is 44.2 Å². The van der Waals surface area contributed by atoms with Crippen molar-refractivity contribution in [2.24, 2.45) is 5.41 Å². The Morgan fingerprint density at radius 2 is 1.85 bits per heavy atom. The van der Waals surface area contributed by atoms with Crippen molar-refractivity contribution in [2.45, 2.75) is 72.1 Å². The fraction of sp³-hybridized carbons (Fsp3) is 0.619. The van der Waals surface area contributed by atoms with Crippen LogP contribution in [0.25, 0.3) is 0 Å². The zero-order chi connectivity index (χ0) is 19.3. The summed E-state index contributed by atoms with van der Waals surface area (Å²) in [5, 5.41) is 6.38. The lowest BCUT2D eigenvalue weighted by atomic mass is 9.85. The van der Waals surface area contributed by atoms with Gasteiger partial charge in [0, 0.05) is 19.1 Å². The Morgan fingerprint density at radius 1 is 1.19 bits per heavy atom. The quantitative estimate of drug-likeness (QED) is 0.821. The molecule has 5 nitrogen and oxygen atoms in total. The largest absolute Gasteiger partial charge is 0.350 e. The Kier molecular flexibility index (Phi) is 6.81. The van der Waals surface area contributed by atoms with Crippen LogP contribution in [0.4, 0.5) is 0 Å². The van der Waals surface area contributed by atoms with E-state index >= 15 is 0 Å². The van der Waals surface area contributed by atoms with Gasteiger partial charge in [-0.25, -0.2) is 0 Å². The van der Waals surface area contributed by atoms with Gasteiger partial charge in [-0.2, -0.15) is 0 Å². The lowest BCUT2D eigenvalue weighted by molar-refractivity contribution is -0.142. The second-order valence-electron chi connectivity index (χ2n) is 8.51. The standard InChI is InChI=1S/C21H33N3O2/c1-15(2)23-18(21(3,4)5)20(26)24-13-9-12-17(24)19(25)22-14-16-10-7-6-8-11-16/h6-8,10-11,15,17-18,23H,9,12-14H2,1-5H3,(H,22,25). The van der Waals surface area contributed by atoms with Crippen LogP contribution < -0.4 is 10.6 Å². The van der Waals surface area contributed by atoms with Crippen LogP contribution >= 0.6 is 0 Å². The third-order valence-corrected chi connectivity index (χ3v) is 4.76. The van der Waals surface area contributed by atoms with Crippen molar-refractivity contribution in [2.75, 3.05) is 6.54 Å². The molecule has 1 aromatic carbocycles. The second-order valence-corrected chi connectivity index (χ2v) is 8.51. The molecule has 2 amide bonds. The Hall–Kier alpha value is -1.88. The molecule has 1 aliphatic rings. The van der Waals surface area contributed by atoms with E-state index in [2.05, 4.69) is 31.4 Å². The lowest BCUT2D eigenvalue weighted by Gasteiger charge is -2.36. The molecule has 2 N–H and O–H groups in total. The van der Waals surface area contributed by atoms with Crippen molar-refractivity contribution in [3.8, 4) is 0 Å². The van der Waals surface area contributed by atoms with Crippen molar-refractivity contribution >= 4 is 11.8 Å². The smallest absolute Gasteiger partial charge is 0.243 e. The summed E-state index contributed by atoms with van der Waals surface area (Å²) < 4.78 is 0. The minimum absolute atomic E-state index is 0.0311. The van der Waals surface area contributed by atoms with Crippen molar-refractivity contribution < 1.29 is 9.59 Å². The highest BCUT2D eigenvalue weighted by Crippen LogP contribution is 2.26. The van der Waals surface area contributed by atoms with E-state index < -0.39 is 0 Å². The van der Waals surface area contributed by atoms with Gasteiger partial charge in [-0.15, -0.1) is 0 Å². The summed E-state index contributed by atoms with van der Waals surface area (Å²) in [6, 6.07) is 9.37. The summed E-state index contributed by atoms with van der Waals surface area (Å²) >= 11 is 0. The number of likely N-dealkylation sites (tertiary alicyclic amines) is 1. The normalized spacial score (nSPS) is 18.8. The molecule has 0 aromatic heterocycles. The zero-order valence-corrected chi connectivity index (χ0v) is 16.7. The van der Waals surface area contributed by atoms with E-state index in [0.717, 1.165) is 18.4 Å². The fourth-order valence-electron chi connectivity index (χ4n) is 3.40. The first-order valence-electron chi connectivity index (χ1n) is 9.58. The van der Waals surface area contributed by atoms with Crippen LogP contribution in [0.1, 0.15) is 53.0 Å². The van der Waals surface area contributed by atoms with Crippen molar-refractivity contribution in [1.29, 1.82) is 0 Å². The van der Waals surface area contributed by atoms with Crippen LogP contribution in [0.15, 0.2) is 30.3 Å². The predicted molar refractivity (Wildman–Crippen MR) is 105 cm³/mol. The van der Waals surface area contributed by atoms with Gasteiger partial charge in [0.15, 0.2) is 0 Å². The maximum Gasteiger partial charge on any atom is 0.243 e. The number of carbonyl (C=O) groups is 2. The van der Waals surface area contributed by atoms with Gasteiger partial charge in [0.2, 0.25) is 11.8 Å². The number of carbonyl (C=O) groups excluding carboxylic acids is 2. The molecule has 5 heteroatoms. The van der Waals surface area contributed by atoms with E-state index in [1.54, 1.807) is 4.90 Å². The van der Waals surface area contributed by atoms with Gasteiger partial charge < -0.3 is 15.5 Å². The number of nitrogens with zero attached hydrogens (tertiary/aromatic N) is 1. The molecular formula is C21H33N3O2. The predicted octanol–water partition coefficient (Wildman–Crippen LogP) is 2.71. The first kappa shape index (κ1) is 20.4. The number of hydrogen-bond donors (Lipinski definition) is 2. The first-order valence-corrected chi connectivity index (χ1v) is 9.58. The van der Waals surface area contributed by atoms with Gasteiger partial charge in [-0.05, 0) is 23.8 Å². The van der Waals surface area contributed by atoms with Gasteiger partial charge in [0.1, 0.15) is 6.04 Å². The van der Waals surface area contributed by atoms with Gasteiger partial charge in [-0.1, -0.05) is 65.0 Å². The number of nitrogens with one attached hydrogen (secondary N) is 2. The van der Waals surface area contributed by atoms with Gasteiger partial charge >= 0.3 is 0 Å². The molecule has 2 rings (SSSR count). The molecule has 0 bridgehead atoms. The van der Waals surface area contributed by atoms with Crippen LogP contribution in [0.5, 0.6) is 0 Å². The molecule has 0 saturated carbocycles. The molecule has 2 unspecified atom stereocenters. The Morgan fingerprint density at radius 3 is 2.42 bits per heavy atom. The Labute approximate surface area is 157 Å². The van der Waals surface area contributed by atoms with Crippen molar-refractivity contribution in [3.05, 3.63) is 35.9 Å². The average molecular weight is 360 g/mol. The molecule has 1 aliphatic heterocycles. The molecule has 0 spiro atoms. The Bertz CT molecular complexity index is 607. The van der Waals surface area contributed by atoms with E-state index in [1.165, 1.54) is 0 Å². The number of hydrogen-bond acceptors (Lipinski definition) is 3. The fourth-order valence-corrected chi connectivity index (χ4v) is 3.40. The van der Waals surface area contributed by atoms with Gasteiger partial charge in [0.25, 0.3) is 0 Å². The molecule has 0 aliphatic carbocycles. The summed E-state index contributed by atoms with van der Waals surface area (Å²) in [5.41, 5.74) is 0.848. The van der Waals surface area contributed by atoms with E-state index in [9.17, 15) is 9.59 Å². The zero-order valence-electron chi connectivity index (χ0n) is 16.7. The van der Waals surface area contributed by atoms with Crippen LogP contribution in [0, 0.1) is 5.41 Å². The number of benzene rings is 1. The monoisotopic (exact) mass is 359 g/mol. The third-order valence-electron chi connectivity index (χ3n) is 4.76. The van der Waals surface area contributed by atoms with Gasteiger partial charge in [0.05, 0.1) is 6.04 Å². The van der Waals surface area contributed by atoms with Crippen LogP contribution in [-0.2, 0) is 16.1 Å². The molecule has 1 fully saturated rings. The Balaban J connectivity index is 2.05. The molecule has 1 heterocycles. The van der Waals surface area contributed by atoms with Crippen molar-refractivity contribution in [1.82, 2.24) is 15.5 Å². The first-order chi connectivity index (χ1) is 12.2. The number of amides is 2. The second kappa shape index (κ2) is 8.67. The summed E-state index contributed by atoms with van der Waals surface area (Å²) in [6.45, 7) is 11.4. The highest BCUT2D eigenvalue weighted by Gasteiger charge is 2.41. The van der Waals surface area contributed by atoms with E-state index in [4.69, 9.17) is 0 Å². The topological polar surface area (TPSA) is 61.4 Å². The van der Waals surface area contributed by atoms with Crippen LogP contribution in [0.3, 0.4) is 0 Å². The molecule has 0 radical (unpaired) electrons. The SMILES string of the molecule is CC(C)NC(C(=O)N1CCCC1C(=O)NCc1ccccc1)C(C)(C)C. The summed E-state index contributed by atoms with van der Waals surface area (Å²) in [6.07, 6.45) is 1.60. The maximum atomic E-state index is 13.2. The molecule has 1 saturated heterocycles. The lowest BCUT2D eigenvalue weighted by Crippen LogP contribution is -2.57. The van der Waals surface area contributed by atoms with E-state index in [0.29, 0.717) is 13.1 Å². The summed E-state index contributed by atoms with van der Waals surface area (Å²) in [7, 11) is 0. The summed E-state index contributed by atoms with van der Waals surface area (Å²) in [4.78, 5) is 27.7. The third kappa shape index (κ3) is 5.31. The molecule has 1 aromatic rings. The number of rotatable bonds is 6. The molecule has 144 valence electrons. The van der Waals surface area contributed by atoms with E-state index in [-0.39, 0.29) is 35.4 Å². The molecule has 26 heavy (non-hydrogen) atoms. The maximum absolute atomic E-state index is 13.2. The van der Waals surface area contributed by atoms with Crippen LogP contribution in [-0.4, -0.2) is 41.4 Å². The van der Waals surface area contributed by atoms with Gasteiger partial charge in [-0.3, -0.25) is 9.59 Å².